The highest BCUT2D eigenvalue weighted by molar-refractivity contribution is 5.91. The molecule has 0 spiro atoms. The summed E-state index contributed by atoms with van der Waals surface area (Å²) in [6.45, 7) is 6.37. The average molecular weight is 228 g/mol. The lowest BCUT2D eigenvalue weighted by molar-refractivity contribution is 0.799. The topological polar surface area (TPSA) is 57.4 Å². The van der Waals surface area contributed by atoms with E-state index in [0.717, 1.165) is 40.1 Å². The number of rotatable bonds is 2. The van der Waals surface area contributed by atoms with Crippen LogP contribution in [0.1, 0.15) is 38.3 Å². The molecule has 0 aliphatic rings. The van der Waals surface area contributed by atoms with Crippen molar-refractivity contribution in [2.75, 3.05) is 0 Å². The first kappa shape index (κ1) is 10.3. The number of fused-ring (bicyclic) bond motifs is 2. The minimum absolute atomic E-state index is 0.417. The highest BCUT2D eigenvalue weighted by Crippen LogP contribution is 2.22. The van der Waals surface area contributed by atoms with Crippen molar-refractivity contribution in [3.8, 4) is 0 Å². The third-order valence-corrected chi connectivity index (χ3v) is 3.03. The van der Waals surface area contributed by atoms with Crippen molar-refractivity contribution in [1.29, 1.82) is 0 Å². The van der Waals surface area contributed by atoms with Crippen molar-refractivity contribution in [3.05, 3.63) is 23.8 Å². The molecule has 2 N–H and O–H groups in total. The molecular formula is C13H16N4. The van der Waals surface area contributed by atoms with Crippen LogP contribution in [0.5, 0.6) is 0 Å². The summed E-state index contributed by atoms with van der Waals surface area (Å²) >= 11 is 0. The van der Waals surface area contributed by atoms with Crippen LogP contribution in [0, 0.1) is 0 Å². The van der Waals surface area contributed by atoms with E-state index in [-0.39, 0.29) is 0 Å². The Balaban J connectivity index is 2.24. The van der Waals surface area contributed by atoms with Gasteiger partial charge in [-0.3, -0.25) is 0 Å². The van der Waals surface area contributed by atoms with E-state index in [1.54, 1.807) is 0 Å². The van der Waals surface area contributed by atoms with Crippen LogP contribution in [0.15, 0.2) is 12.1 Å². The van der Waals surface area contributed by atoms with Gasteiger partial charge in [-0.05, 0) is 12.1 Å². The van der Waals surface area contributed by atoms with Gasteiger partial charge in [-0.2, -0.15) is 0 Å². The number of aromatic nitrogens is 4. The van der Waals surface area contributed by atoms with Gasteiger partial charge in [0.05, 0.1) is 22.1 Å². The van der Waals surface area contributed by atoms with E-state index in [1.165, 1.54) is 0 Å². The number of nitrogens with one attached hydrogen (secondary N) is 2. The molecule has 0 fully saturated rings. The van der Waals surface area contributed by atoms with E-state index in [9.17, 15) is 0 Å². The maximum Gasteiger partial charge on any atom is 0.109 e. The number of aryl methyl sites for hydroxylation is 1. The number of hydrogen-bond donors (Lipinski definition) is 2. The molecule has 3 aromatic rings. The fourth-order valence-electron chi connectivity index (χ4n) is 2.03. The highest BCUT2D eigenvalue weighted by atomic mass is 14.9. The summed E-state index contributed by atoms with van der Waals surface area (Å²) in [5.74, 6) is 2.47. The number of H-pyrrole nitrogens is 2. The zero-order valence-corrected chi connectivity index (χ0v) is 10.3. The molecule has 2 aromatic heterocycles. The second kappa shape index (κ2) is 3.58. The van der Waals surface area contributed by atoms with Crippen LogP contribution in [0.2, 0.25) is 0 Å². The second-order valence-corrected chi connectivity index (χ2v) is 4.70. The summed E-state index contributed by atoms with van der Waals surface area (Å²) in [7, 11) is 0. The molecule has 88 valence electrons. The Morgan fingerprint density at radius 2 is 1.76 bits per heavy atom. The van der Waals surface area contributed by atoms with Gasteiger partial charge in [0, 0.05) is 12.3 Å². The number of nitrogens with zero attached hydrogens (tertiary/aromatic N) is 2. The van der Waals surface area contributed by atoms with Crippen LogP contribution in [-0.2, 0) is 6.42 Å². The van der Waals surface area contributed by atoms with Crippen LogP contribution < -0.4 is 0 Å². The standard InChI is InChI=1S/C13H16N4/c1-4-12-14-8-5-10-11(6-9(8)15-12)17-13(16-10)7(2)3/h5-7H,4H2,1-3H3,(H,14,15)(H,16,17). The SMILES string of the molecule is CCc1nc2cc3nc(C(C)C)[nH]c3cc2[nH]1. The van der Waals surface area contributed by atoms with Gasteiger partial charge in [0.1, 0.15) is 11.6 Å². The van der Waals surface area contributed by atoms with Crippen LogP contribution in [0.3, 0.4) is 0 Å². The van der Waals surface area contributed by atoms with Gasteiger partial charge < -0.3 is 9.97 Å². The normalized spacial score (nSPS) is 12.0. The van der Waals surface area contributed by atoms with Gasteiger partial charge in [0.25, 0.3) is 0 Å². The Labute approximate surface area is 99.5 Å². The molecule has 0 saturated heterocycles. The quantitative estimate of drug-likeness (QED) is 0.708. The van der Waals surface area contributed by atoms with Crippen molar-refractivity contribution in [2.45, 2.75) is 33.1 Å². The van der Waals surface area contributed by atoms with E-state index >= 15 is 0 Å². The Morgan fingerprint density at radius 1 is 1.06 bits per heavy atom. The van der Waals surface area contributed by atoms with Crippen molar-refractivity contribution < 1.29 is 0 Å². The molecule has 0 bridgehead atoms. The van der Waals surface area contributed by atoms with Crippen molar-refractivity contribution in [1.82, 2.24) is 19.9 Å². The maximum atomic E-state index is 4.59. The molecule has 17 heavy (non-hydrogen) atoms. The summed E-state index contributed by atoms with van der Waals surface area (Å²) in [4.78, 5) is 15.8. The molecule has 2 heterocycles. The summed E-state index contributed by atoms with van der Waals surface area (Å²) in [5, 5.41) is 0. The molecule has 0 amide bonds. The Hall–Kier alpha value is -1.84. The number of aromatic amines is 2. The first-order valence-corrected chi connectivity index (χ1v) is 6.05. The lowest BCUT2D eigenvalue weighted by atomic mass is 10.2. The van der Waals surface area contributed by atoms with Gasteiger partial charge in [-0.15, -0.1) is 0 Å². The number of hydrogen-bond acceptors (Lipinski definition) is 2. The number of benzene rings is 1. The molecule has 0 aliphatic heterocycles. The summed E-state index contributed by atoms with van der Waals surface area (Å²) < 4.78 is 0. The molecule has 0 aliphatic carbocycles. The van der Waals surface area contributed by atoms with Crippen LogP contribution in [0.4, 0.5) is 0 Å². The molecule has 0 saturated carbocycles. The summed E-state index contributed by atoms with van der Waals surface area (Å²) in [6.07, 6.45) is 0.924. The lowest BCUT2D eigenvalue weighted by Gasteiger charge is -1.95. The van der Waals surface area contributed by atoms with E-state index in [0.29, 0.717) is 5.92 Å². The van der Waals surface area contributed by atoms with E-state index < -0.39 is 0 Å². The molecule has 0 atom stereocenters. The fourth-order valence-corrected chi connectivity index (χ4v) is 2.03. The second-order valence-electron chi connectivity index (χ2n) is 4.70. The zero-order chi connectivity index (χ0) is 12.0. The minimum atomic E-state index is 0.417. The van der Waals surface area contributed by atoms with Gasteiger partial charge in [-0.25, -0.2) is 9.97 Å². The Morgan fingerprint density at radius 3 is 2.47 bits per heavy atom. The Bertz CT molecular complexity index is 624. The van der Waals surface area contributed by atoms with Gasteiger partial charge in [0.2, 0.25) is 0 Å². The van der Waals surface area contributed by atoms with Crippen molar-refractivity contribution in [3.63, 3.8) is 0 Å². The number of imidazole rings is 2. The molecule has 0 unspecified atom stereocenters. The lowest BCUT2D eigenvalue weighted by Crippen LogP contribution is -1.88. The third-order valence-electron chi connectivity index (χ3n) is 3.03. The molecule has 4 nitrogen and oxygen atoms in total. The van der Waals surface area contributed by atoms with Crippen LogP contribution >= 0.6 is 0 Å². The molecule has 1 aromatic carbocycles. The third kappa shape index (κ3) is 1.60. The maximum absolute atomic E-state index is 4.59. The monoisotopic (exact) mass is 228 g/mol. The van der Waals surface area contributed by atoms with Crippen molar-refractivity contribution in [2.24, 2.45) is 0 Å². The highest BCUT2D eigenvalue weighted by Gasteiger charge is 2.09. The average Bonchev–Trinajstić information content (AvgIpc) is 2.87. The Kier molecular flexibility index (Phi) is 2.18. The smallest absolute Gasteiger partial charge is 0.109 e. The first-order valence-electron chi connectivity index (χ1n) is 6.05. The van der Waals surface area contributed by atoms with Gasteiger partial charge in [0.15, 0.2) is 0 Å². The summed E-state index contributed by atoms with van der Waals surface area (Å²) in [6, 6.07) is 4.14. The predicted octanol–water partition coefficient (Wildman–Crippen LogP) is 3.13. The molecule has 3 rings (SSSR count). The zero-order valence-electron chi connectivity index (χ0n) is 10.3. The predicted molar refractivity (Wildman–Crippen MR) is 69.2 cm³/mol. The summed E-state index contributed by atoms with van der Waals surface area (Å²) in [5.41, 5.74) is 4.15. The van der Waals surface area contributed by atoms with Crippen LogP contribution in [-0.4, -0.2) is 19.9 Å². The van der Waals surface area contributed by atoms with Crippen molar-refractivity contribution >= 4 is 22.1 Å². The van der Waals surface area contributed by atoms with E-state index in [4.69, 9.17) is 0 Å². The van der Waals surface area contributed by atoms with Crippen LogP contribution in [0.25, 0.3) is 22.1 Å². The van der Waals surface area contributed by atoms with Gasteiger partial charge >= 0.3 is 0 Å². The van der Waals surface area contributed by atoms with E-state index in [2.05, 4.69) is 46.8 Å². The molecule has 4 heteroatoms. The molecule has 0 radical (unpaired) electrons. The first-order chi connectivity index (χ1) is 8.17. The minimum Gasteiger partial charge on any atom is -0.342 e. The van der Waals surface area contributed by atoms with E-state index in [1.807, 2.05) is 6.07 Å². The van der Waals surface area contributed by atoms with Gasteiger partial charge in [-0.1, -0.05) is 20.8 Å². The fraction of sp³-hybridized carbons (Fsp3) is 0.385. The molecular weight excluding hydrogens is 212 g/mol. The largest absolute Gasteiger partial charge is 0.342 e.